The standard InChI is InChI=1S/C18H17N5O/c1-12-5-6-13(2)15(10-12)20-16-7-8-17(23-22-16)21-18(24)14-4-3-9-19-11-14/h3-11H,1-2H3,(H,20,22)(H,21,23,24). The molecule has 3 aromatic rings. The molecule has 2 heterocycles. The summed E-state index contributed by atoms with van der Waals surface area (Å²) in [5, 5.41) is 14.0. The Morgan fingerprint density at radius 3 is 2.50 bits per heavy atom. The summed E-state index contributed by atoms with van der Waals surface area (Å²) in [5.41, 5.74) is 3.74. The molecular formula is C18H17N5O. The minimum Gasteiger partial charge on any atom is -0.339 e. The number of carbonyl (C=O) groups excluding carboxylic acids is 1. The van der Waals surface area contributed by atoms with Gasteiger partial charge in [-0.3, -0.25) is 9.78 Å². The Labute approximate surface area is 140 Å². The fraction of sp³-hybridized carbons (Fsp3) is 0.111. The van der Waals surface area contributed by atoms with Crippen LogP contribution in [-0.4, -0.2) is 21.1 Å². The summed E-state index contributed by atoms with van der Waals surface area (Å²) < 4.78 is 0. The molecule has 3 rings (SSSR count). The molecule has 1 amide bonds. The second-order valence-electron chi connectivity index (χ2n) is 5.44. The van der Waals surface area contributed by atoms with Gasteiger partial charge in [-0.15, -0.1) is 10.2 Å². The van der Waals surface area contributed by atoms with Gasteiger partial charge in [0.2, 0.25) is 0 Å². The number of aromatic nitrogens is 3. The number of nitrogens with zero attached hydrogens (tertiary/aromatic N) is 3. The van der Waals surface area contributed by atoms with Crippen molar-refractivity contribution >= 4 is 23.2 Å². The number of carbonyl (C=O) groups is 1. The van der Waals surface area contributed by atoms with Crippen LogP contribution in [0.25, 0.3) is 0 Å². The first-order valence-corrected chi connectivity index (χ1v) is 7.51. The molecule has 120 valence electrons. The van der Waals surface area contributed by atoms with E-state index >= 15 is 0 Å². The Morgan fingerprint density at radius 1 is 1.00 bits per heavy atom. The molecule has 0 spiro atoms. The second kappa shape index (κ2) is 6.87. The molecule has 0 aliphatic carbocycles. The van der Waals surface area contributed by atoms with E-state index in [9.17, 15) is 4.79 Å². The van der Waals surface area contributed by atoms with Gasteiger partial charge < -0.3 is 10.6 Å². The van der Waals surface area contributed by atoms with Crippen LogP contribution < -0.4 is 10.6 Å². The summed E-state index contributed by atoms with van der Waals surface area (Å²) in [6.07, 6.45) is 3.11. The molecule has 0 saturated carbocycles. The largest absolute Gasteiger partial charge is 0.339 e. The lowest BCUT2D eigenvalue weighted by Gasteiger charge is -2.10. The summed E-state index contributed by atoms with van der Waals surface area (Å²) in [5.74, 6) is 0.728. The third-order valence-electron chi connectivity index (χ3n) is 3.49. The molecule has 1 aromatic carbocycles. The van der Waals surface area contributed by atoms with Gasteiger partial charge in [-0.1, -0.05) is 12.1 Å². The number of anilines is 3. The molecule has 2 aromatic heterocycles. The molecule has 0 atom stereocenters. The van der Waals surface area contributed by atoms with Gasteiger partial charge in [0.1, 0.15) is 0 Å². The number of benzene rings is 1. The third-order valence-corrected chi connectivity index (χ3v) is 3.49. The zero-order valence-corrected chi connectivity index (χ0v) is 13.4. The van der Waals surface area contributed by atoms with Crippen molar-refractivity contribution in [3.8, 4) is 0 Å². The van der Waals surface area contributed by atoms with Gasteiger partial charge in [-0.2, -0.15) is 0 Å². The van der Waals surface area contributed by atoms with Crippen LogP contribution in [0.5, 0.6) is 0 Å². The highest BCUT2D eigenvalue weighted by atomic mass is 16.1. The van der Waals surface area contributed by atoms with Crippen LogP contribution in [-0.2, 0) is 0 Å². The van der Waals surface area contributed by atoms with Crippen molar-refractivity contribution in [1.29, 1.82) is 0 Å². The maximum absolute atomic E-state index is 12.0. The summed E-state index contributed by atoms with van der Waals surface area (Å²) in [4.78, 5) is 16.0. The highest BCUT2D eigenvalue weighted by Crippen LogP contribution is 2.20. The lowest BCUT2D eigenvalue weighted by molar-refractivity contribution is 0.102. The first-order valence-electron chi connectivity index (χ1n) is 7.51. The monoisotopic (exact) mass is 319 g/mol. The first kappa shape index (κ1) is 15.6. The van der Waals surface area contributed by atoms with Crippen LogP contribution in [0.4, 0.5) is 17.3 Å². The highest BCUT2D eigenvalue weighted by Gasteiger charge is 2.07. The van der Waals surface area contributed by atoms with Crippen LogP contribution in [0, 0.1) is 13.8 Å². The number of aryl methyl sites for hydroxylation is 2. The molecular weight excluding hydrogens is 302 g/mol. The first-order chi connectivity index (χ1) is 11.6. The lowest BCUT2D eigenvalue weighted by atomic mass is 10.1. The Hall–Kier alpha value is -3.28. The maximum atomic E-state index is 12.0. The molecule has 0 unspecified atom stereocenters. The minimum atomic E-state index is -0.271. The summed E-state index contributed by atoms with van der Waals surface area (Å²) in [6.45, 7) is 4.06. The van der Waals surface area contributed by atoms with Crippen LogP contribution >= 0.6 is 0 Å². The van der Waals surface area contributed by atoms with Gasteiger partial charge in [-0.25, -0.2) is 0 Å². The Morgan fingerprint density at radius 2 is 1.79 bits per heavy atom. The normalized spacial score (nSPS) is 10.2. The van der Waals surface area contributed by atoms with Crippen LogP contribution in [0.2, 0.25) is 0 Å². The van der Waals surface area contributed by atoms with Gasteiger partial charge in [0.05, 0.1) is 5.56 Å². The molecule has 0 saturated heterocycles. The van der Waals surface area contributed by atoms with Gasteiger partial charge in [0.15, 0.2) is 11.6 Å². The number of hydrogen-bond donors (Lipinski definition) is 2. The third kappa shape index (κ3) is 3.73. The summed E-state index contributed by atoms with van der Waals surface area (Å²) in [6, 6.07) is 13.0. The van der Waals surface area contributed by atoms with Crippen LogP contribution in [0.3, 0.4) is 0 Å². The van der Waals surface area contributed by atoms with E-state index < -0.39 is 0 Å². The number of nitrogens with one attached hydrogen (secondary N) is 2. The summed E-state index contributed by atoms with van der Waals surface area (Å²) >= 11 is 0. The fourth-order valence-corrected chi connectivity index (χ4v) is 2.16. The lowest BCUT2D eigenvalue weighted by Crippen LogP contribution is -2.13. The van der Waals surface area contributed by atoms with Crippen molar-refractivity contribution in [3.05, 3.63) is 71.5 Å². The van der Waals surface area contributed by atoms with Crippen molar-refractivity contribution in [2.24, 2.45) is 0 Å². The molecule has 0 bridgehead atoms. The average molecular weight is 319 g/mol. The highest BCUT2D eigenvalue weighted by molar-refractivity contribution is 6.03. The summed E-state index contributed by atoms with van der Waals surface area (Å²) in [7, 11) is 0. The van der Waals surface area contributed by atoms with E-state index in [0.717, 1.165) is 16.8 Å². The number of pyridine rings is 1. The average Bonchev–Trinajstić information content (AvgIpc) is 2.60. The molecule has 24 heavy (non-hydrogen) atoms. The van der Waals surface area contributed by atoms with Crippen molar-refractivity contribution < 1.29 is 4.79 Å². The predicted molar refractivity (Wildman–Crippen MR) is 93.4 cm³/mol. The van der Waals surface area contributed by atoms with E-state index in [-0.39, 0.29) is 5.91 Å². The Bertz CT molecular complexity index is 847. The quantitative estimate of drug-likeness (QED) is 0.769. The van der Waals surface area contributed by atoms with E-state index in [4.69, 9.17) is 0 Å². The molecule has 0 radical (unpaired) electrons. The van der Waals surface area contributed by atoms with Gasteiger partial charge in [-0.05, 0) is 55.3 Å². The minimum absolute atomic E-state index is 0.271. The Kier molecular flexibility index (Phi) is 4.47. The molecule has 2 N–H and O–H groups in total. The molecule has 6 heteroatoms. The van der Waals surface area contributed by atoms with E-state index in [0.29, 0.717) is 17.2 Å². The van der Waals surface area contributed by atoms with Gasteiger partial charge in [0, 0.05) is 18.1 Å². The van der Waals surface area contributed by atoms with Crippen LogP contribution in [0.15, 0.2) is 54.9 Å². The molecule has 6 nitrogen and oxygen atoms in total. The molecule has 0 aliphatic heterocycles. The maximum Gasteiger partial charge on any atom is 0.258 e. The van der Waals surface area contributed by atoms with E-state index in [2.05, 4.69) is 37.9 Å². The van der Waals surface area contributed by atoms with Crippen LogP contribution in [0.1, 0.15) is 21.5 Å². The van der Waals surface area contributed by atoms with Crippen molar-refractivity contribution in [2.75, 3.05) is 10.6 Å². The topological polar surface area (TPSA) is 79.8 Å². The zero-order valence-electron chi connectivity index (χ0n) is 13.4. The second-order valence-corrected chi connectivity index (χ2v) is 5.44. The SMILES string of the molecule is Cc1ccc(C)c(Nc2ccc(NC(=O)c3cccnc3)nn2)c1. The number of hydrogen-bond acceptors (Lipinski definition) is 5. The van der Waals surface area contributed by atoms with E-state index in [1.54, 1.807) is 30.5 Å². The van der Waals surface area contributed by atoms with Crippen molar-refractivity contribution in [1.82, 2.24) is 15.2 Å². The molecule has 0 aliphatic rings. The van der Waals surface area contributed by atoms with E-state index in [1.807, 2.05) is 19.9 Å². The predicted octanol–water partition coefficient (Wildman–Crippen LogP) is 3.48. The van der Waals surface area contributed by atoms with Gasteiger partial charge in [0.25, 0.3) is 5.91 Å². The molecule has 0 fully saturated rings. The smallest absolute Gasteiger partial charge is 0.258 e. The van der Waals surface area contributed by atoms with Gasteiger partial charge >= 0.3 is 0 Å². The Balaban J connectivity index is 1.69. The fourth-order valence-electron chi connectivity index (χ4n) is 2.16. The van der Waals surface area contributed by atoms with Crippen molar-refractivity contribution in [3.63, 3.8) is 0 Å². The number of rotatable bonds is 4. The van der Waals surface area contributed by atoms with E-state index in [1.165, 1.54) is 6.20 Å². The van der Waals surface area contributed by atoms with Crippen molar-refractivity contribution in [2.45, 2.75) is 13.8 Å². The zero-order chi connectivity index (χ0) is 16.9. The number of amides is 1.